The van der Waals surface area contributed by atoms with Crippen molar-refractivity contribution in [3.05, 3.63) is 23.8 Å². The van der Waals surface area contributed by atoms with Crippen LogP contribution < -0.4 is 10.1 Å². The van der Waals surface area contributed by atoms with Crippen molar-refractivity contribution >= 4 is 0 Å². The van der Waals surface area contributed by atoms with Gasteiger partial charge in [-0.2, -0.15) is 0 Å². The fourth-order valence-corrected chi connectivity index (χ4v) is 2.61. The highest BCUT2D eigenvalue weighted by molar-refractivity contribution is 5.41. The molecule has 2 atom stereocenters. The number of phenols is 1. The number of hydrogen-bond acceptors (Lipinski definition) is 4. The van der Waals surface area contributed by atoms with Gasteiger partial charge in [0.2, 0.25) is 0 Å². The molecule has 0 saturated carbocycles. The van der Waals surface area contributed by atoms with Crippen molar-refractivity contribution in [2.24, 2.45) is 0 Å². The van der Waals surface area contributed by atoms with Gasteiger partial charge < -0.3 is 19.9 Å². The van der Waals surface area contributed by atoms with E-state index in [9.17, 15) is 5.11 Å². The molecule has 20 heavy (non-hydrogen) atoms. The van der Waals surface area contributed by atoms with Gasteiger partial charge >= 0.3 is 0 Å². The van der Waals surface area contributed by atoms with Crippen molar-refractivity contribution in [1.82, 2.24) is 5.32 Å². The maximum atomic E-state index is 9.93. The maximum Gasteiger partial charge on any atom is 0.120 e. The predicted octanol–water partition coefficient (Wildman–Crippen LogP) is 3.01. The largest absolute Gasteiger partial charge is 0.508 e. The van der Waals surface area contributed by atoms with Crippen molar-refractivity contribution in [2.75, 3.05) is 20.3 Å². The fraction of sp³-hybridized carbons (Fsp3) is 0.625. The molecule has 2 unspecified atom stereocenters. The van der Waals surface area contributed by atoms with Gasteiger partial charge in [0, 0.05) is 18.2 Å². The molecule has 1 aliphatic rings. The van der Waals surface area contributed by atoms with Crippen LogP contribution in [0.2, 0.25) is 0 Å². The van der Waals surface area contributed by atoms with E-state index in [0.29, 0.717) is 11.9 Å². The second-order valence-corrected chi connectivity index (χ2v) is 5.38. The van der Waals surface area contributed by atoms with Gasteiger partial charge in [0.25, 0.3) is 0 Å². The first-order valence-corrected chi connectivity index (χ1v) is 7.42. The number of rotatable bonds is 6. The summed E-state index contributed by atoms with van der Waals surface area (Å²) in [6.07, 6.45) is 5.05. The number of benzene rings is 1. The molecule has 0 amide bonds. The van der Waals surface area contributed by atoms with Crippen LogP contribution in [0, 0.1) is 0 Å². The van der Waals surface area contributed by atoms with Gasteiger partial charge in [0.05, 0.1) is 13.2 Å². The molecule has 1 aromatic rings. The molecular formula is C16H25NO3. The van der Waals surface area contributed by atoms with Crippen LogP contribution in [-0.4, -0.2) is 31.5 Å². The summed E-state index contributed by atoms with van der Waals surface area (Å²) in [4.78, 5) is 0. The molecule has 1 heterocycles. The molecule has 1 aliphatic heterocycles. The second kappa shape index (κ2) is 7.50. The summed E-state index contributed by atoms with van der Waals surface area (Å²) < 4.78 is 10.9. The lowest BCUT2D eigenvalue weighted by Gasteiger charge is -2.23. The van der Waals surface area contributed by atoms with E-state index in [1.807, 2.05) is 6.07 Å². The Kier molecular flexibility index (Phi) is 5.68. The van der Waals surface area contributed by atoms with Crippen molar-refractivity contribution in [3.63, 3.8) is 0 Å². The third-order valence-electron chi connectivity index (χ3n) is 3.89. The zero-order valence-corrected chi connectivity index (χ0v) is 12.4. The van der Waals surface area contributed by atoms with Crippen LogP contribution in [0.15, 0.2) is 18.2 Å². The Morgan fingerprint density at radius 3 is 3.00 bits per heavy atom. The molecule has 0 radical (unpaired) electrons. The van der Waals surface area contributed by atoms with E-state index in [-0.39, 0.29) is 6.04 Å². The number of nitrogens with one attached hydrogen (secondary N) is 1. The first kappa shape index (κ1) is 15.1. The molecule has 0 aliphatic carbocycles. The Bertz CT molecular complexity index is 416. The van der Waals surface area contributed by atoms with E-state index < -0.39 is 0 Å². The molecule has 0 spiro atoms. The number of aromatic hydroxyl groups is 1. The van der Waals surface area contributed by atoms with Crippen LogP contribution in [0.25, 0.3) is 0 Å². The molecule has 4 nitrogen and oxygen atoms in total. The lowest BCUT2D eigenvalue weighted by atomic mass is 10.0. The van der Waals surface area contributed by atoms with E-state index in [0.717, 1.165) is 30.9 Å². The molecule has 1 saturated heterocycles. The van der Waals surface area contributed by atoms with E-state index in [2.05, 4.69) is 12.2 Å². The van der Waals surface area contributed by atoms with Crippen molar-refractivity contribution < 1.29 is 14.6 Å². The second-order valence-electron chi connectivity index (χ2n) is 5.38. The van der Waals surface area contributed by atoms with E-state index in [1.165, 1.54) is 19.3 Å². The van der Waals surface area contributed by atoms with Gasteiger partial charge in [0.1, 0.15) is 11.5 Å². The summed E-state index contributed by atoms with van der Waals surface area (Å²) in [7, 11) is 1.63. The molecule has 0 bridgehead atoms. The number of methoxy groups -OCH3 is 1. The molecule has 112 valence electrons. The molecule has 1 fully saturated rings. The summed E-state index contributed by atoms with van der Waals surface area (Å²) in [6, 6.07) is 5.41. The summed E-state index contributed by atoms with van der Waals surface area (Å²) >= 11 is 0. The SMILES string of the molecule is COc1ccc(O)c(C(C)NCCC2CCCCO2)c1. The van der Waals surface area contributed by atoms with Crippen molar-refractivity contribution in [3.8, 4) is 11.5 Å². The summed E-state index contributed by atoms with van der Waals surface area (Å²) in [6.45, 7) is 3.84. The first-order chi connectivity index (χ1) is 9.70. The minimum Gasteiger partial charge on any atom is -0.508 e. The van der Waals surface area contributed by atoms with Crippen LogP contribution in [0.3, 0.4) is 0 Å². The highest BCUT2D eigenvalue weighted by atomic mass is 16.5. The van der Waals surface area contributed by atoms with Gasteiger partial charge in [-0.15, -0.1) is 0 Å². The van der Waals surface area contributed by atoms with Gasteiger partial charge in [0.15, 0.2) is 0 Å². The highest BCUT2D eigenvalue weighted by Crippen LogP contribution is 2.28. The summed E-state index contributed by atoms with van der Waals surface area (Å²) in [5.74, 6) is 1.07. The zero-order valence-electron chi connectivity index (χ0n) is 12.4. The molecule has 4 heteroatoms. The molecular weight excluding hydrogens is 254 g/mol. The van der Waals surface area contributed by atoms with E-state index in [1.54, 1.807) is 19.2 Å². The number of ether oxygens (including phenoxy) is 2. The summed E-state index contributed by atoms with van der Waals surface area (Å²) in [5, 5.41) is 13.4. The molecule has 2 N–H and O–H groups in total. The van der Waals surface area contributed by atoms with Gasteiger partial charge in [-0.3, -0.25) is 0 Å². The normalized spacial score (nSPS) is 20.6. The smallest absolute Gasteiger partial charge is 0.120 e. The predicted molar refractivity (Wildman–Crippen MR) is 79.3 cm³/mol. The Labute approximate surface area is 121 Å². The standard InChI is InChI=1S/C16H25NO3/c1-12(15-11-14(19-2)6-7-16(15)18)17-9-8-13-5-3-4-10-20-13/h6-7,11-13,17-18H,3-5,8-10H2,1-2H3. The highest BCUT2D eigenvalue weighted by Gasteiger charge is 2.15. The fourth-order valence-electron chi connectivity index (χ4n) is 2.61. The van der Waals surface area contributed by atoms with E-state index >= 15 is 0 Å². The number of hydrogen-bond donors (Lipinski definition) is 2. The minimum atomic E-state index is 0.0914. The Morgan fingerprint density at radius 1 is 1.45 bits per heavy atom. The zero-order chi connectivity index (χ0) is 14.4. The van der Waals surface area contributed by atoms with Crippen molar-refractivity contribution in [2.45, 2.75) is 44.8 Å². The molecule has 1 aromatic carbocycles. The third-order valence-corrected chi connectivity index (χ3v) is 3.89. The Hall–Kier alpha value is -1.26. The van der Waals surface area contributed by atoms with Gasteiger partial charge in [-0.1, -0.05) is 0 Å². The van der Waals surface area contributed by atoms with Gasteiger partial charge in [-0.05, 0) is 57.4 Å². The quantitative estimate of drug-likeness (QED) is 0.840. The number of phenolic OH excluding ortho intramolecular Hbond substituents is 1. The van der Waals surface area contributed by atoms with Crippen LogP contribution in [0.5, 0.6) is 11.5 Å². The summed E-state index contributed by atoms with van der Waals surface area (Å²) in [5.41, 5.74) is 0.869. The van der Waals surface area contributed by atoms with Crippen LogP contribution in [0.4, 0.5) is 0 Å². The molecule has 0 aromatic heterocycles. The molecule has 2 rings (SSSR count). The van der Waals surface area contributed by atoms with Crippen molar-refractivity contribution in [1.29, 1.82) is 0 Å². The Balaban J connectivity index is 1.83. The van der Waals surface area contributed by atoms with E-state index in [4.69, 9.17) is 9.47 Å². The monoisotopic (exact) mass is 279 g/mol. The third kappa shape index (κ3) is 4.12. The minimum absolute atomic E-state index is 0.0914. The average Bonchev–Trinajstić information content (AvgIpc) is 2.48. The first-order valence-electron chi connectivity index (χ1n) is 7.42. The average molecular weight is 279 g/mol. The van der Waals surface area contributed by atoms with Crippen LogP contribution in [0.1, 0.15) is 44.2 Å². The van der Waals surface area contributed by atoms with Gasteiger partial charge in [-0.25, -0.2) is 0 Å². The Morgan fingerprint density at radius 2 is 2.30 bits per heavy atom. The van der Waals surface area contributed by atoms with Crippen LogP contribution in [-0.2, 0) is 4.74 Å². The topological polar surface area (TPSA) is 50.7 Å². The lowest BCUT2D eigenvalue weighted by Crippen LogP contribution is -2.27. The maximum absolute atomic E-state index is 9.93. The lowest BCUT2D eigenvalue weighted by molar-refractivity contribution is 0.0112. The van der Waals surface area contributed by atoms with Crippen LogP contribution >= 0.6 is 0 Å².